The molecule has 1 aliphatic rings. The minimum absolute atomic E-state index is 0.143. The minimum Gasteiger partial charge on any atom is -0.389 e. The number of likely N-dealkylation sites (tertiary alicyclic amines) is 1. The van der Waals surface area contributed by atoms with Crippen LogP contribution in [0, 0.1) is 6.92 Å². The van der Waals surface area contributed by atoms with Crippen LogP contribution in [0.15, 0.2) is 22.0 Å². The quantitative estimate of drug-likeness (QED) is 0.842. The molecule has 0 unspecified atom stereocenters. The lowest BCUT2D eigenvalue weighted by atomic mass is 10.2. The van der Waals surface area contributed by atoms with Crippen molar-refractivity contribution in [3.05, 3.63) is 34.1 Å². The molecule has 120 valence electrons. The third kappa shape index (κ3) is 3.92. The highest BCUT2D eigenvalue weighted by molar-refractivity contribution is 7.09. The van der Waals surface area contributed by atoms with Gasteiger partial charge in [-0.2, -0.15) is 4.98 Å². The Morgan fingerprint density at radius 1 is 1.59 bits per heavy atom. The molecule has 0 bridgehead atoms. The second kappa shape index (κ2) is 7.32. The third-order valence-electron chi connectivity index (χ3n) is 3.78. The number of hydrogen-bond acceptors (Lipinski definition) is 7. The van der Waals surface area contributed by atoms with E-state index in [-0.39, 0.29) is 6.04 Å². The van der Waals surface area contributed by atoms with Crippen LogP contribution < -0.4 is 0 Å². The predicted molar refractivity (Wildman–Crippen MR) is 82.6 cm³/mol. The van der Waals surface area contributed by atoms with Gasteiger partial charge in [0.1, 0.15) is 0 Å². The first-order valence-corrected chi connectivity index (χ1v) is 8.43. The fourth-order valence-corrected chi connectivity index (χ4v) is 3.44. The highest BCUT2D eigenvalue weighted by atomic mass is 32.1. The van der Waals surface area contributed by atoms with Crippen molar-refractivity contribution in [1.29, 1.82) is 0 Å². The van der Waals surface area contributed by atoms with E-state index in [9.17, 15) is 5.11 Å². The van der Waals surface area contributed by atoms with E-state index in [4.69, 9.17) is 9.26 Å². The Labute approximate surface area is 133 Å². The Bertz CT molecular complexity index is 572. The van der Waals surface area contributed by atoms with Crippen molar-refractivity contribution >= 4 is 11.3 Å². The van der Waals surface area contributed by atoms with Gasteiger partial charge in [0, 0.05) is 18.3 Å². The van der Waals surface area contributed by atoms with E-state index < -0.39 is 6.10 Å². The maximum absolute atomic E-state index is 10.2. The van der Waals surface area contributed by atoms with Crippen molar-refractivity contribution in [1.82, 2.24) is 15.0 Å². The van der Waals surface area contributed by atoms with Crippen LogP contribution in [-0.2, 0) is 11.3 Å². The van der Waals surface area contributed by atoms with Crippen LogP contribution in [0.1, 0.15) is 35.5 Å². The van der Waals surface area contributed by atoms with Crippen LogP contribution in [0.5, 0.6) is 0 Å². The maximum atomic E-state index is 10.2. The lowest BCUT2D eigenvalue weighted by Crippen LogP contribution is -2.35. The molecule has 1 fully saturated rings. The van der Waals surface area contributed by atoms with Crippen molar-refractivity contribution in [2.24, 2.45) is 0 Å². The summed E-state index contributed by atoms with van der Waals surface area (Å²) >= 11 is 1.66. The van der Waals surface area contributed by atoms with Crippen molar-refractivity contribution in [2.45, 2.75) is 38.5 Å². The first-order valence-electron chi connectivity index (χ1n) is 7.55. The number of aromatic nitrogens is 2. The monoisotopic (exact) mass is 323 g/mol. The molecule has 0 aromatic carbocycles. The number of rotatable bonds is 7. The van der Waals surface area contributed by atoms with Gasteiger partial charge in [-0.3, -0.25) is 4.90 Å². The van der Waals surface area contributed by atoms with Gasteiger partial charge in [-0.25, -0.2) is 0 Å². The topological polar surface area (TPSA) is 71.6 Å². The minimum atomic E-state index is -0.506. The van der Waals surface area contributed by atoms with Gasteiger partial charge in [-0.15, -0.1) is 11.3 Å². The van der Waals surface area contributed by atoms with Gasteiger partial charge in [-0.1, -0.05) is 11.2 Å². The van der Waals surface area contributed by atoms with E-state index in [1.807, 2.05) is 17.5 Å². The fraction of sp³-hybridized carbons (Fsp3) is 0.600. The molecule has 3 rings (SSSR count). The molecule has 0 aliphatic carbocycles. The molecule has 22 heavy (non-hydrogen) atoms. The Balaban J connectivity index is 1.46. The molecule has 2 aromatic heterocycles. The van der Waals surface area contributed by atoms with Crippen molar-refractivity contribution < 1.29 is 14.4 Å². The lowest BCUT2D eigenvalue weighted by molar-refractivity contribution is 0.00785. The molecule has 3 heterocycles. The molecule has 1 saturated heterocycles. The Kier molecular flexibility index (Phi) is 5.20. The molecule has 0 amide bonds. The molecule has 0 saturated carbocycles. The zero-order valence-corrected chi connectivity index (χ0v) is 13.5. The van der Waals surface area contributed by atoms with Gasteiger partial charge in [0.15, 0.2) is 5.82 Å². The number of aryl methyl sites for hydroxylation is 1. The standard InChI is InChI=1S/C15H21N3O3S/c1-11-16-15(17-21-11)14-5-2-6-18(14)8-12(19)9-20-10-13-4-3-7-22-13/h3-4,7,12,14,19H,2,5-6,8-10H2,1H3/t12-,14-/m0/s1. The number of ether oxygens (including phenoxy) is 1. The molecule has 2 atom stereocenters. The first kappa shape index (κ1) is 15.6. The molecule has 0 spiro atoms. The smallest absolute Gasteiger partial charge is 0.223 e. The number of hydrogen-bond donors (Lipinski definition) is 1. The van der Waals surface area contributed by atoms with Gasteiger partial charge in [-0.05, 0) is 30.8 Å². The van der Waals surface area contributed by atoms with E-state index >= 15 is 0 Å². The highest BCUT2D eigenvalue weighted by Crippen LogP contribution is 2.30. The third-order valence-corrected chi connectivity index (χ3v) is 4.63. The molecule has 0 radical (unpaired) electrons. The van der Waals surface area contributed by atoms with Crippen molar-refractivity contribution in [3.63, 3.8) is 0 Å². The zero-order valence-electron chi connectivity index (χ0n) is 12.6. The second-order valence-electron chi connectivity index (χ2n) is 5.57. The van der Waals surface area contributed by atoms with Gasteiger partial charge in [0.25, 0.3) is 0 Å². The van der Waals surface area contributed by atoms with Crippen LogP contribution in [-0.4, -0.2) is 45.9 Å². The van der Waals surface area contributed by atoms with Gasteiger partial charge < -0.3 is 14.4 Å². The Morgan fingerprint density at radius 2 is 2.50 bits per heavy atom. The summed E-state index contributed by atoms with van der Waals surface area (Å²) < 4.78 is 10.6. The van der Waals surface area contributed by atoms with Gasteiger partial charge in [0.2, 0.25) is 5.89 Å². The van der Waals surface area contributed by atoms with Crippen LogP contribution in [0.4, 0.5) is 0 Å². The van der Waals surface area contributed by atoms with Crippen molar-refractivity contribution in [3.8, 4) is 0 Å². The molecule has 7 heteroatoms. The van der Waals surface area contributed by atoms with Crippen LogP contribution in [0.3, 0.4) is 0 Å². The first-order chi connectivity index (χ1) is 10.7. The Morgan fingerprint density at radius 3 is 3.23 bits per heavy atom. The normalized spacial score (nSPS) is 20.5. The van der Waals surface area contributed by atoms with Crippen LogP contribution in [0.2, 0.25) is 0 Å². The summed E-state index contributed by atoms with van der Waals surface area (Å²) in [4.78, 5) is 7.70. The predicted octanol–water partition coefficient (Wildman–Crippen LogP) is 2.15. The number of aliphatic hydroxyl groups excluding tert-OH is 1. The highest BCUT2D eigenvalue weighted by Gasteiger charge is 2.30. The van der Waals surface area contributed by atoms with E-state index in [0.29, 0.717) is 25.6 Å². The van der Waals surface area contributed by atoms with E-state index in [0.717, 1.165) is 25.2 Å². The molecular weight excluding hydrogens is 302 g/mol. The van der Waals surface area contributed by atoms with Gasteiger partial charge in [0.05, 0.1) is 25.4 Å². The molecule has 6 nitrogen and oxygen atoms in total. The summed E-state index contributed by atoms with van der Waals surface area (Å²) in [6, 6.07) is 4.18. The summed E-state index contributed by atoms with van der Waals surface area (Å²) in [5, 5.41) is 16.2. The lowest BCUT2D eigenvalue weighted by Gasteiger charge is -2.24. The van der Waals surface area contributed by atoms with E-state index in [1.165, 1.54) is 4.88 Å². The zero-order chi connectivity index (χ0) is 15.4. The summed E-state index contributed by atoms with van der Waals surface area (Å²) in [5.41, 5.74) is 0. The van der Waals surface area contributed by atoms with Crippen molar-refractivity contribution in [2.75, 3.05) is 19.7 Å². The molecule has 1 aliphatic heterocycles. The van der Waals surface area contributed by atoms with E-state index in [1.54, 1.807) is 18.3 Å². The SMILES string of the molecule is Cc1nc([C@@H]2CCCN2C[C@H](O)COCc2cccs2)no1. The molecule has 2 aromatic rings. The average Bonchev–Trinajstić information content (AvgIpc) is 3.20. The average molecular weight is 323 g/mol. The van der Waals surface area contributed by atoms with Gasteiger partial charge >= 0.3 is 0 Å². The number of aliphatic hydroxyl groups is 1. The summed E-state index contributed by atoms with van der Waals surface area (Å²) in [5.74, 6) is 1.31. The Hall–Kier alpha value is -1.28. The number of nitrogens with zero attached hydrogens (tertiary/aromatic N) is 3. The molecule has 1 N–H and O–H groups in total. The largest absolute Gasteiger partial charge is 0.389 e. The van der Waals surface area contributed by atoms with E-state index in [2.05, 4.69) is 15.0 Å². The summed E-state index contributed by atoms with van der Waals surface area (Å²) in [7, 11) is 0. The molecular formula is C15H21N3O3S. The summed E-state index contributed by atoms with van der Waals surface area (Å²) in [6.45, 7) is 4.21. The maximum Gasteiger partial charge on any atom is 0.223 e. The number of thiophene rings is 1. The second-order valence-corrected chi connectivity index (χ2v) is 6.61. The summed E-state index contributed by atoms with van der Waals surface area (Å²) in [6.07, 6.45) is 1.58. The van der Waals surface area contributed by atoms with Crippen LogP contribution >= 0.6 is 11.3 Å². The number of β-amino-alcohol motifs (C(OH)–C–C–N with tert-alkyl or cyclic N) is 1. The van der Waals surface area contributed by atoms with Crippen LogP contribution in [0.25, 0.3) is 0 Å². The fourth-order valence-electron chi connectivity index (χ4n) is 2.80.